The molecule has 0 radical (unpaired) electrons. The molecular formula is C12H16N2O. The van der Waals surface area contributed by atoms with Crippen LogP contribution in [0.1, 0.15) is 35.3 Å². The highest BCUT2D eigenvalue weighted by molar-refractivity contribution is 5.92. The molecule has 15 heavy (non-hydrogen) atoms. The molecule has 0 atom stereocenters. The minimum Gasteiger partial charge on any atom is -0.337 e. The average Bonchev–Trinajstić information content (AvgIpc) is 2.30. The molecule has 80 valence electrons. The molecule has 1 aliphatic heterocycles. The Labute approximate surface area is 90.1 Å². The number of rotatable bonds is 1. The van der Waals surface area contributed by atoms with E-state index < -0.39 is 0 Å². The van der Waals surface area contributed by atoms with E-state index in [0.717, 1.165) is 31.5 Å². The Morgan fingerprint density at radius 1 is 1.27 bits per heavy atom. The lowest BCUT2D eigenvalue weighted by atomic mass is 10.1. The van der Waals surface area contributed by atoms with Gasteiger partial charge in [-0.15, -0.1) is 0 Å². The van der Waals surface area contributed by atoms with Crippen molar-refractivity contribution in [2.45, 2.75) is 26.2 Å². The lowest BCUT2D eigenvalue weighted by Crippen LogP contribution is -2.36. The summed E-state index contributed by atoms with van der Waals surface area (Å²) < 4.78 is 0. The zero-order valence-electron chi connectivity index (χ0n) is 9.07. The van der Waals surface area contributed by atoms with Crippen molar-refractivity contribution in [2.75, 3.05) is 13.1 Å². The molecule has 0 aliphatic carbocycles. The second-order valence-corrected chi connectivity index (χ2v) is 4.07. The summed E-state index contributed by atoms with van der Waals surface area (Å²) in [5.74, 6) is 0.0784. The van der Waals surface area contributed by atoms with Crippen LogP contribution in [0.3, 0.4) is 0 Å². The van der Waals surface area contributed by atoms with Gasteiger partial charge in [0.15, 0.2) is 0 Å². The first-order valence-corrected chi connectivity index (χ1v) is 5.49. The molecule has 1 aromatic rings. The van der Waals surface area contributed by atoms with Gasteiger partial charge in [-0.25, -0.2) is 0 Å². The molecule has 3 heteroatoms. The van der Waals surface area contributed by atoms with Gasteiger partial charge < -0.3 is 4.90 Å². The van der Waals surface area contributed by atoms with E-state index in [-0.39, 0.29) is 5.91 Å². The Balaban J connectivity index is 2.09. The number of likely N-dealkylation sites (tertiary alicyclic amines) is 1. The molecule has 1 fully saturated rings. The monoisotopic (exact) mass is 204 g/mol. The van der Waals surface area contributed by atoms with Gasteiger partial charge in [0.1, 0.15) is 5.69 Å². The van der Waals surface area contributed by atoms with Crippen molar-refractivity contribution in [3.63, 3.8) is 0 Å². The minimum atomic E-state index is 0.0784. The number of carbonyl (C=O) groups is 1. The van der Waals surface area contributed by atoms with Crippen molar-refractivity contribution < 1.29 is 4.79 Å². The highest BCUT2D eigenvalue weighted by Gasteiger charge is 2.18. The second-order valence-electron chi connectivity index (χ2n) is 4.07. The molecule has 2 heterocycles. The average molecular weight is 204 g/mol. The number of pyridine rings is 1. The second kappa shape index (κ2) is 4.43. The van der Waals surface area contributed by atoms with Gasteiger partial charge in [-0.1, -0.05) is 6.07 Å². The van der Waals surface area contributed by atoms with Gasteiger partial charge in [-0.05, 0) is 37.8 Å². The van der Waals surface area contributed by atoms with Gasteiger partial charge in [0.2, 0.25) is 0 Å². The highest BCUT2D eigenvalue weighted by Crippen LogP contribution is 2.12. The summed E-state index contributed by atoms with van der Waals surface area (Å²) in [7, 11) is 0. The van der Waals surface area contributed by atoms with Gasteiger partial charge in [-0.3, -0.25) is 9.78 Å². The quantitative estimate of drug-likeness (QED) is 0.701. The molecule has 1 aromatic heterocycles. The van der Waals surface area contributed by atoms with E-state index in [9.17, 15) is 4.79 Å². The van der Waals surface area contributed by atoms with Gasteiger partial charge in [0.25, 0.3) is 5.91 Å². The summed E-state index contributed by atoms with van der Waals surface area (Å²) in [5.41, 5.74) is 1.66. The summed E-state index contributed by atoms with van der Waals surface area (Å²) in [6, 6.07) is 3.75. The number of nitrogens with zero attached hydrogens (tertiary/aromatic N) is 2. The zero-order chi connectivity index (χ0) is 10.7. The fourth-order valence-corrected chi connectivity index (χ4v) is 1.85. The van der Waals surface area contributed by atoms with Crippen LogP contribution < -0.4 is 0 Å². The van der Waals surface area contributed by atoms with E-state index >= 15 is 0 Å². The van der Waals surface area contributed by atoms with Crippen molar-refractivity contribution in [1.29, 1.82) is 0 Å². The van der Waals surface area contributed by atoms with Crippen LogP contribution >= 0.6 is 0 Å². The predicted molar refractivity (Wildman–Crippen MR) is 58.7 cm³/mol. The Morgan fingerprint density at radius 3 is 2.60 bits per heavy atom. The summed E-state index contributed by atoms with van der Waals surface area (Å²) in [4.78, 5) is 18.0. The first-order chi connectivity index (χ1) is 7.27. The van der Waals surface area contributed by atoms with Crippen LogP contribution in [0.4, 0.5) is 0 Å². The number of carbonyl (C=O) groups excluding carboxylic acids is 1. The third-order valence-electron chi connectivity index (χ3n) is 2.77. The maximum Gasteiger partial charge on any atom is 0.272 e. The Kier molecular flexibility index (Phi) is 2.99. The molecule has 0 spiro atoms. The molecule has 1 amide bonds. The van der Waals surface area contributed by atoms with Crippen molar-refractivity contribution in [1.82, 2.24) is 9.88 Å². The van der Waals surface area contributed by atoms with E-state index in [1.54, 1.807) is 6.20 Å². The molecule has 0 saturated carbocycles. The Bertz CT molecular complexity index is 339. The third-order valence-corrected chi connectivity index (χ3v) is 2.77. The first kappa shape index (κ1) is 10.1. The van der Waals surface area contributed by atoms with Crippen molar-refractivity contribution in [3.8, 4) is 0 Å². The van der Waals surface area contributed by atoms with E-state index in [1.165, 1.54) is 6.42 Å². The smallest absolute Gasteiger partial charge is 0.272 e. The lowest BCUT2D eigenvalue weighted by Gasteiger charge is -2.26. The first-order valence-electron chi connectivity index (χ1n) is 5.49. The fourth-order valence-electron chi connectivity index (χ4n) is 1.85. The van der Waals surface area contributed by atoms with Crippen LogP contribution in [0.2, 0.25) is 0 Å². The van der Waals surface area contributed by atoms with Crippen LogP contribution in [0.15, 0.2) is 18.3 Å². The van der Waals surface area contributed by atoms with Crippen LogP contribution in [0.25, 0.3) is 0 Å². The normalized spacial score (nSPS) is 16.5. The molecule has 0 bridgehead atoms. The van der Waals surface area contributed by atoms with Gasteiger partial charge >= 0.3 is 0 Å². The zero-order valence-corrected chi connectivity index (χ0v) is 9.07. The van der Waals surface area contributed by atoms with Crippen LogP contribution in [-0.4, -0.2) is 28.9 Å². The van der Waals surface area contributed by atoms with Crippen LogP contribution in [0, 0.1) is 6.92 Å². The van der Waals surface area contributed by atoms with Crippen molar-refractivity contribution in [3.05, 3.63) is 29.6 Å². The SMILES string of the molecule is Cc1ccc(C(=O)N2CCCCC2)nc1. The summed E-state index contributed by atoms with van der Waals surface area (Å²) >= 11 is 0. The van der Waals surface area contributed by atoms with E-state index in [0.29, 0.717) is 5.69 Å². The Hall–Kier alpha value is -1.38. The van der Waals surface area contributed by atoms with E-state index in [4.69, 9.17) is 0 Å². The van der Waals surface area contributed by atoms with Crippen molar-refractivity contribution >= 4 is 5.91 Å². The van der Waals surface area contributed by atoms with Crippen LogP contribution in [-0.2, 0) is 0 Å². The number of piperidine rings is 1. The minimum absolute atomic E-state index is 0.0784. The molecule has 0 unspecified atom stereocenters. The molecular weight excluding hydrogens is 188 g/mol. The Morgan fingerprint density at radius 2 is 2.00 bits per heavy atom. The third kappa shape index (κ3) is 2.35. The molecule has 3 nitrogen and oxygen atoms in total. The number of aromatic nitrogens is 1. The highest BCUT2D eigenvalue weighted by atomic mass is 16.2. The number of amides is 1. The summed E-state index contributed by atoms with van der Waals surface area (Å²) in [5, 5.41) is 0. The largest absolute Gasteiger partial charge is 0.337 e. The number of aryl methyl sites for hydroxylation is 1. The van der Waals surface area contributed by atoms with Crippen LogP contribution in [0.5, 0.6) is 0 Å². The maximum absolute atomic E-state index is 12.0. The van der Waals surface area contributed by atoms with E-state index in [2.05, 4.69) is 4.98 Å². The molecule has 0 N–H and O–H groups in total. The molecule has 0 aromatic carbocycles. The number of hydrogen-bond acceptors (Lipinski definition) is 2. The predicted octanol–water partition coefficient (Wildman–Crippen LogP) is 2.02. The van der Waals surface area contributed by atoms with Gasteiger partial charge in [0, 0.05) is 19.3 Å². The van der Waals surface area contributed by atoms with E-state index in [1.807, 2.05) is 24.0 Å². The topological polar surface area (TPSA) is 33.2 Å². The van der Waals surface area contributed by atoms with Crippen molar-refractivity contribution in [2.24, 2.45) is 0 Å². The number of hydrogen-bond donors (Lipinski definition) is 0. The maximum atomic E-state index is 12.0. The molecule has 2 rings (SSSR count). The fraction of sp³-hybridized carbons (Fsp3) is 0.500. The van der Waals surface area contributed by atoms with Gasteiger partial charge in [-0.2, -0.15) is 0 Å². The summed E-state index contributed by atoms with van der Waals surface area (Å²) in [6.07, 6.45) is 5.23. The summed E-state index contributed by atoms with van der Waals surface area (Å²) in [6.45, 7) is 3.74. The lowest BCUT2D eigenvalue weighted by molar-refractivity contribution is 0.0718. The standard InChI is InChI=1S/C12H16N2O/c1-10-5-6-11(13-9-10)12(15)14-7-3-2-4-8-14/h5-6,9H,2-4,7-8H2,1H3. The molecule has 1 aliphatic rings. The molecule has 1 saturated heterocycles. The van der Waals surface area contributed by atoms with Gasteiger partial charge in [0.05, 0.1) is 0 Å².